The van der Waals surface area contributed by atoms with Crippen LogP contribution in [0.3, 0.4) is 0 Å². The maximum Gasteiger partial charge on any atom is 0.269 e. The van der Waals surface area contributed by atoms with Gasteiger partial charge in [0, 0.05) is 30.8 Å². The fourth-order valence-electron chi connectivity index (χ4n) is 2.58. The topological polar surface area (TPSA) is 96.6 Å². The number of amides is 1. The number of carbonyl (C=O) groups is 1. The summed E-state index contributed by atoms with van der Waals surface area (Å²) in [6, 6.07) is 6.34. The molecule has 0 radical (unpaired) electrons. The van der Waals surface area contributed by atoms with Crippen molar-refractivity contribution < 1.29 is 9.72 Å². The Hall–Kier alpha value is -2.44. The monoisotopic (exact) mass is 318 g/mol. The lowest BCUT2D eigenvalue weighted by Crippen LogP contribution is -2.36. The Morgan fingerprint density at radius 3 is 2.61 bits per heavy atom. The Kier molecular flexibility index (Phi) is 6.53. The lowest BCUT2D eigenvalue weighted by atomic mass is 9.95. The highest BCUT2D eigenvalue weighted by Gasteiger charge is 2.14. The van der Waals surface area contributed by atoms with Crippen molar-refractivity contribution >= 4 is 23.5 Å². The molecule has 1 aromatic carbocycles. The molecule has 1 amide bonds. The summed E-state index contributed by atoms with van der Waals surface area (Å²) >= 11 is 0. The van der Waals surface area contributed by atoms with Crippen molar-refractivity contribution in [3.8, 4) is 0 Å². The average molecular weight is 318 g/mol. The predicted molar refractivity (Wildman–Crippen MR) is 89.5 cm³/mol. The van der Waals surface area contributed by atoms with E-state index in [9.17, 15) is 14.9 Å². The van der Waals surface area contributed by atoms with E-state index >= 15 is 0 Å². The minimum atomic E-state index is -0.446. The van der Waals surface area contributed by atoms with Crippen molar-refractivity contribution in [3.05, 3.63) is 34.4 Å². The van der Waals surface area contributed by atoms with Gasteiger partial charge in [-0.1, -0.05) is 19.3 Å². The molecule has 2 rings (SSSR count). The molecule has 0 saturated heterocycles. The molecular formula is C16H22N4O3. The van der Waals surface area contributed by atoms with E-state index in [1.165, 1.54) is 31.4 Å². The summed E-state index contributed by atoms with van der Waals surface area (Å²) in [5, 5.41) is 17.6. The maximum atomic E-state index is 11.8. The van der Waals surface area contributed by atoms with E-state index in [2.05, 4.69) is 15.8 Å². The van der Waals surface area contributed by atoms with E-state index in [1.807, 2.05) is 0 Å². The number of benzene rings is 1. The molecule has 23 heavy (non-hydrogen) atoms. The van der Waals surface area contributed by atoms with Gasteiger partial charge in [-0.2, -0.15) is 5.10 Å². The molecule has 1 aromatic rings. The van der Waals surface area contributed by atoms with Crippen LogP contribution in [-0.4, -0.2) is 23.1 Å². The van der Waals surface area contributed by atoms with Gasteiger partial charge in [-0.05, 0) is 31.4 Å². The van der Waals surface area contributed by atoms with Gasteiger partial charge < -0.3 is 5.32 Å². The summed E-state index contributed by atoms with van der Waals surface area (Å²) < 4.78 is 0. The van der Waals surface area contributed by atoms with E-state index in [0.29, 0.717) is 24.6 Å². The number of nitrogens with one attached hydrogen (secondary N) is 2. The Morgan fingerprint density at radius 2 is 1.96 bits per heavy atom. The summed E-state index contributed by atoms with van der Waals surface area (Å²) in [6.07, 6.45) is 8.45. The van der Waals surface area contributed by atoms with E-state index < -0.39 is 4.92 Å². The Morgan fingerprint density at radius 1 is 1.26 bits per heavy atom. The number of carbonyl (C=O) groups excluding carboxylic acids is 1. The second kappa shape index (κ2) is 8.87. The lowest BCUT2D eigenvalue weighted by Gasteiger charge is -2.22. The first-order chi connectivity index (χ1) is 11.1. The Bertz CT molecular complexity index is 551. The van der Waals surface area contributed by atoms with Crippen molar-refractivity contribution in [1.82, 2.24) is 5.32 Å². The molecule has 2 N–H and O–H groups in total. The highest BCUT2D eigenvalue weighted by molar-refractivity contribution is 5.79. The molecule has 7 nitrogen and oxygen atoms in total. The number of rotatable bonds is 7. The van der Waals surface area contributed by atoms with Crippen molar-refractivity contribution in [2.75, 3.05) is 5.43 Å². The number of hydrogen-bond donors (Lipinski definition) is 2. The zero-order chi connectivity index (χ0) is 16.5. The van der Waals surface area contributed by atoms with Crippen LogP contribution >= 0.6 is 0 Å². The molecule has 0 aromatic heterocycles. The molecule has 1 aliphatic rings. The van der Waals surface area contributed by atoms with Gasteiger partial charge in [-0.25, -0.2) is 0 Å². The quantitative estimate of drug-likeness (QED) is 0.458. The number of nitro benzene ring substituents is 1. The van der Waals surface area contributed by atoms with Crippen molar-refractivity contribution in [1.29, 1.82) is 0 Å². The third kappa shape index (κ3) is 6.06. The van der Waals surface area contributed by atoms with Crippen molar-refractivity contribution in [3.63, 3.8) is 0 Å². The SMILES string of the molecule is O=C(CCC=NNc1ccc([N+](=O)[O-])cc1)NC1CCCCC1. The molecule has 1 aliphatic carbocycles. The summed E-state index contributed by atoms with van der Waals surface area (Å²) in [6.45, 7) is 0. The second-order valence-electron chi connectivity index (χ2n) is 5.67. The summed E-state index contributed by atoms with van der Waals surface area (Å²) in [4.78, 5) is 21.9. The van der Waals surface area contributed by atoms with Crippen LogP contribution in [0.15, 0.2) is 29.4 Å². The fraction of sp³-hybridized carbons (Fsp3) is 0.500. The van der Waals surface area contributed by atoms with Gasteiger partial charge in [0.05, 0.1) is 10.6 Å². The first-order valence-electron chi connectivity index (χ1n) is 7.96. The van der Waals surface area contributed by atoms with E-state index in [1.54, 1.807) is 18.3 Å². The lowest BCUT2D eigenvalue weighted by molar-refractivity contribution is -0.384. The zero-order valence-corrected chi connectivity index (χ0v) is 13.0. The number of nitrogens with zero attached hydrogens (tertiary/aromatic N) is 2. The van der Waals surface area contributed by atoms with E-state index in [0.717, 1.165) is 12.8 Å². The van der Waals surface area contributed by atoms with Crippen LogP contribution in [0.5, 0.6) is 0 Å². The van der Waals surface area contributed by atoms with Gasteiger partial charge in [0.15, 0.2) is 0 Å². The highest BCUT2D eigenvalue weighted by atomic mass is 16.6. The van der Waals surface area contributed by atoms with Crippen LogP contribution in [0.1, 0.15) is 44.9 Å². The largest absolute Gasteiger partial charge is 0.353 e. The summed E-state index contributed by atoms with van der Waals surface area (Å²) in [7, 11) is 0. The molecule has 1 fully saturated rings. The van der Waals surface area contributed by atoms with Gasteiger partial charge in [0.25, 0.3) is 5.69 Å². The fourth-order valence-corrected chi connectivity index (χ4v) is 2.58. The van der Waals surface area contributed by atoms with Crippen LogP contribution < -0.4 is 10.7 Å². The molecule has 124 valence electrons. The average Bonchev–Trinajstić information content (AvgIpc) is 2.56. The van der Waals surface area contributed by atoms with Gasteiger partial charge in [-0.15, -0.1) is 0 Å². The normalized spacial score (nSPS) is 15.5. The molecule has 0 heterocycles. The molecule has 7 heteroatoms. The van der Waals surface area contributed by atoms with Crippen LogP contribution in [0.4, 0.5) is 11.4 Å². The third-order valence-corrected chi connectivity index (χ3v) is 3.83. The molecule has 0 spiro atoms. The first kappa shape index (κ1) is 16.9. The number of hydrogen-bond acceptors (Lipinski definition) is 5. The van der Waals surface area contributed by atoms with E-state index in [-0.39, 0.29) is 11.6 Å². The summed E-state index contributed by atoms with van der Waals surface area (Å²) in [5.74, 6) is 0.0682. The molecule has 0 atom stereocenters. The number of anilines is 1. The molecule has 0 aliphatic heterocycles. The third-order valence-electron chi connectivity index (χ3n) is 3.83. The minimum Gasteiger partial charge on any atom is -0.353 e. The molecule has 0 unspecified atom stereocenters. The van der Waals surface area contributed by atoms with Crippen LogP contribution in [0, 0.1) is 10.1 Å². The molecule has 0 bridgehead atoms. The first-order valence-corrected chi connectivity index (χ1v) is 7.96. The predicted octanol–water partition coefficient (Wildman–Crippen LogP) is 3.22. The number of non-ortho nitro benzene ring substituents is 1. The van der Waals surface area contributed by atoms with Gasteiger partial charge in [-0.3, -0.25) is 20.3 Å². The van der Waals surface area contributed by atoms with Crippen LogP contribution in [-0.2, 0) is 4.79 Å². The van der Waals surface area contributed by atoms with Crippen LogP contribution in [0.25, 0.3) is 0 Å². The van der Waals surface area contributed by atoms with Crippen molar-refractivity contribution in [2.24, 2.45) is 5.10 Å². The number of hydrazone groups is 1. The van der Waals surface area contributed by atoms with Crippen LogP contribution in [0.2, 0.25) is 0 Å². The highest BCUT2D eigenvalue weighted by Crippen LogP contribution is 2.17. The van der Waals surface area contributed by atoms with Gasteiger partial charge in [0.1, 0.15) is 0 Å². The zero-order valence-electron chi connectivity index (χ0n) is 13.0. The summed E-state index contributed by atoms with van der Waals surface area (Å²) in [5.41, 5.74) is 3.49. The van der Waals surface area contributed by atoms with E-state index in [4.69, 9.17) is 0 Å². The van der Waals surface area contributed by atoms with Gasteiger partial charge >= 0.3 is 0 Å². The second-order valence-corrected chi connectivity index (χ2v) is 5.67. The van der Waals surface area contributed by atoms with Gasteiger partial charge in [0.2, 0.25) is 5.91 Å². The van der Waals surface area contributed by atoms with Crippen molar-refractivity contribution in [2.45, 2.75) is 51.0 Å². The standard InChI is InChI=1S/C16H22N4O3/c21-16(18-13-5-2-1-3-6-13)7-4-12-17-19-14-8-10-15(11-9-14)20(22)23/h8-13,19H,1-7H2,(H,18,21). The molecular weight excluding hydrogens is 296 g/mol. The molecule has 1 saturated carbocycles. The number of nitro groups is 1. The Labute approximate surface area is 135 Å². The maximum absolute atomic E-state index is 11.8. The minimum absolute atomic E-state index is 0.0407. The Balaban J connectivity index is 1.64. The smallest absolute Gasteiger partial charge is 0.269 e.